The zero-order valence-electron chi connectivity index (χ0n) is 10.5. The fraction of sp³-hybridized carbons (Fsp3) is 0.462. The second kappa shape index (κ2) is 6.26. The van der Waals surface area contributed by atoms with E-state index in [1.54, 1.807) is 7.11 Å². The van der Waals surface area contributed by atoms with E-state index in [4.69, 9.17) is 4.74 Å². The molecule has 1 aromatic rings. The van der Waals surface area contributed by atoms with Gasteiger partial charge in [0.1, 0.15) is 5.75 Å². The Labute approximate surface area is 107 Å². The molecule has 1 aliphatic rings. The standard InChI is InChI=1S/C13H19N3O2/c1-18-12-5-3-2-4-11(12)15-9-13(17)16-10-6-7-14-8-10/h2-5,10,14-15H,6-9H2,1H3,(H,16,17). The van der Waals surface area contributed by atoms with E-state index in [-0.39, 0.29) is 18.5 Å². The van der Waals surface area contributed by atoms with Crippen molar-refractivity contribution in [1.82, 2.24) is 10.6 Å². The minimum atomic E-state index is 0.00889. The normalized spacial score (nSPS) is 18.4. The van der Waals surface area contributed by atoms with Crippen molar-refractivity contribution in [3.05, 3.63) is 24.3 Å². The van der Waals surface area contributed by atoms with Crippen molar-refractivity contribution in [1.29, 1.82) is 0 Å². The van der Waals surface area contributed by atoms with Crippen LogP contribution in [-0.4, -0.2) is 38.7 Å². The van der Waals surface area contributed by atoms with Crippen LogP contribution >= 0.6 is 0 Å². The van der Waals surface area contributed by atoms with Crippen molar-refractivity contribution in [2.75, 3.05) is 32.1 Å². The number of carbonyl (C=O) groups is 1. The Hall–Kier alpha value is -1.75. The van der Waals surface area contributed by atoms with Gasteiger partial charge in [0.2, 0.25) is 5.91 Å². The van der Waals surface area contributed by atoms with E-state index < -0.39 is 0 Å². The molecule has 0 aliphatic carbocycles. The Bertz CT molecular complexity index is 403. The van der Waals surface area contributed by atoms with Crippen LogP contribution < -0.4 is 20.7 Å². The lowest BCUT2D eigenvalue weighted by molar-refractivity contribution is -0.119. The van der Waals surface area contributed by atoms with E-state index in [2.05, 4.69) is 16.0 Å². The van der Waals surface area contributed by atoms with E-state index in [0.717, 1.165) is 30.9 Å². The van der Waals surface area contributed by atoms with E-state index >= 15 is 0 Å². The summed E-state index contributed by atoms with van der Waals surface area (Å²) in [4.78, 5) is 11.7. The molecule has 0 bridgehead atoms. The molecule has 1 atom stereocenters. The number of ether oxygens (including phenoxy) is 1. The molecule has 1 unspecified atom stereocenters. The van der Waals surface area contributed by atoms with Crippen molar-refractivity contribution >= 4 is 11.6 Å². The molecular formula is C13H19N3O2. The molecule has 5 nitrogen and oxygen atoms in total. The van der Waals surface area contributed by atoms with Crippen LogP contribution in [0.25, 0.3) is 0 Å². The number of benzene rings is 1. The molecule has 18 heavy (non-hydrogen) atoms. The van der Waals surface area contributed by atoms with Crippen LogP contribution in [0.2, 0.25) is 0 Å². The molecule has 1 amide bonds. The number of nitrogens with one attached hydrogen (secondary N) is 3. The fourth-order valence-corrected chi connectivity index (χ4v) is 2.02. The summed E-state index contributed by atoms with van der Waals surface area (Å²) < 4.78 is 5.21. The molecule has 1 heterocycles. The Morgan fingerprint density at radius 1 is 1.50 bits per heavy atom. The number of rotatable bonds is 5. The maximum Gasteiger partial charge on any atom is 0.239 e. The maximum atomic E-state index is 11.7. The number of para-hydroxylation sites is 2. The number of methoxy groups -OCH3 is 1. The van der Waals surface area contributed by atoms with Crippen LogP contribution in [0.1, 0.15) is 6.42 Å². The summed E-state index contributed by atoms with van der Waals surface area (Å²) in [7, 11) is 1.62. The maximum absolute atomic E-state index is 11.7. The predicted molar refractivity (Wildman–Crippen MR) is 70.9 cm³/mol. The number of amides is 1. The van der Waals surface area contributed by atoms with Gasteiger partial charge in [-0.15, -0.1) is 0 Å². The highest BCUT2D eigenvalue weighted by molar-refractivity contribution is 5.81. The van der Waals surface area contributed by atoms with Gasteiger partial charge in [0.25, 0.3) is 0 Å². The van der Waals surface area contributed by atoms with Crippen LogP contribution in [0.3, 0.4) is 0 Å². The molecule has 0 saturated carbocycles. The number of carbonyl (C=O) groups excluding carboxylic acids is 1. The summed E-state index contributed by atoms with van der Waals surface area (Å²) in [6, 6.07) is 7.82. The third kappa shape index (κ3) is 3.37. The molecule has 0 radical (unpaired) electrons. The Morgan fingerprint density at radius 3 is 3.06 bits per heavy atom. The topological polar surface area (TPSA) is 62.4 Å². The molecule has 5 heteroatoms. The van der Waals surface area contributed by atoms with Crippen LogP contribution in [0.5, 0.6) is 5.75 Å². The molecule has 98 valence electrons. The predicted octanol–water partition coefficient (Wildman–Crippen LogP) is 0.585. The fourth-order valence-electron chi connectivity index (χ4n) is 2.02. The summed E-state index contributed by atoms with van der Waals surface area (Å²) in [5.74, 6) is 0.752. The van der Waals surface area contributed by atoms with Gasteiger partial charge in [-0.1, -0.05) is 12.1 Å². The molecular weight excluding hydrogens is 230 g/mol. The Kier molecular flexibility index (Phi) is 4.41. The van der Waals surface area contributed by atoms with Crippen LogP contribution in [0.15, 0.2) is 24.3 Å². The zero-order valence-corrected chi connectivity index (χ0v) is 10.5. The summed E-state index contributed by atoms with van der Waals surface area (Å²) in [5.41, 5.74) is 0.833. The molecule has 1 fully saturated rings. The van der Waals surface area contributed by atoms with E-state index in [9.17, 15) is 4.79 Å². The van der Waals surface area contributed by atoms with Gasteiger partial charge in [0.05, 0.1) is 19.3 Å². The van der Waals surface area contributed by atoms with Gasteiger partial charge in [0.15, 0.2) is 0 Å². The average molecular weight is 249 g/mol. The third-order valence-corrected chi connectivity index (χ3v) is 2.97. The molecule has 2 rings (SSSR count). The van der Waals surface area contributed by atoms with Crippen molar-refractivity contribution < 1.29 is 9.53 Å². The minimum Gasteiger partial charge on any atom is -0.495 e. The first kappa shape index (κ1) is 12.7. The largest absolute Gasteiger partial charge is 0.495 e. The van der Waals surface area contributed by atoms with Gasteiger partial charge >= 0.3 is 0 Å². The van der Waals surface area contributed by atoms with E-state index in [0.29, 0.717) is 0 Å². The first-order valence-electron chi connectivity index (χ1n) is 6.16. The molecule has 1 saturated heterocycles. The number of hydrogen-bond acceptors (Lipinski definition) is 4. The van der Waals surface area contributed by atoms with Crippen LogP contribution in [-0.2, 0) is 4.79 Å². The highest BCUT2D eigenvalue weighted by atomic mass is 16.5. The van der Waals surface area contributed by atoms with E-state index in [1.165, 1.54) is 0 Å². The number of hydrogen-bond donors (Lipinski definition) is 3. The van der Waals surface area contributed by atoms with Crippen LogP contribution in [0.4, 0.5) is 5.69 Å². The smallest absolute Gasteiger partial charge is 0.239 e. The molecule has 0 aromatic heterocycles. The highest BCUT2D eigenvalue weighted by Gasteiger charge is 2.16. The Morgan fingerprint density at radius 2 is 2.33 bits per heavy atom. The van der Waals surface area contributed by atoms with Gasteiger partial charge < -0.3 is 20.7 Å². The lowest BCUT2D eigenvalue weighted by Crippen LogP contribution is -2.39. The highest BCUT2D eigenvalue weighted by Crippen LogP contribution is 2.22. The summed E-state index contributed by atoms with van der Waals surface area (Å²) >= 11 is 0. The molecule has 1 aromatic carbocycles. The Balaban J connectivity index is 1.81. The molecule has 0 spiro atoms. The van der Waals surface area contributed by atoms with Crippen LogP contribution in [0, 0.1) is 0 Å². The minimum absolute atomic E-state index is 0.00889. The second-order valence-electron chi connectivity index (χ2n) is 4.31. The molecule has 1 aliphatic heterocycles. The van der Waals surface area contributed by atoms with Crippen molar-refractivity contribution in [2.24, 2.45) is 0 Å². The lowest BCUT2D eigenvalue weighted by atomic mass is 10.2. The van der Waals surface area contributed by atoms with Gasteiger partial charge in [-0.05, 0) is 25.1 Å². The first-order valence-corrected chi connectivity index (χ1v) is 6.16. The quantitative estimate of drug-likeness (QED) is 0.714. The van der Waals surface area contributed by atoms with Gasteiger partial charge in [-0.2, -0.15) is 0 Å². The second-order valence-corrected chi connectivity index (χ2v) is 4.31. The van der Waals surface area contributed by atoms with Crippen molar-refractivity contribution in [3.63, 3.8) is 0 Å². The third-order valence-electron chi connectivity index (χ3n) is 2.97. The van der Waals surface area contributed by atoms with E-state index in [1.807, 2.05) is 24.3 Å². The summed E-state index contributed by atoms with van der Waals surface area (Å²) in [6.07, 6.45) is 1.00. The molecule has 3 N–H and O–H groups in total. The van der Waals surface area contributed by atoms with Crippen molar-refractivity contribution in [2.45, 2.75) is 12.5 Å². The van der Waals surface area contributed by atoms with Gasteiger partial charge in [0, 0.05) is 12.6 Å². The van der Waals surface area contributed by atoms with Gasteiger partial charge in [-0.3, -0.25) is 4.79 Å². The zero-order chi connectivity index (χ0) is 12.8. The SMILES string of the molecule is COc1ccccc1NCC(=O)NC1CCNC1. The lowest BCUT2D eigenvalue weighted by Gasteiger charge is -2.13. The average Bonchev–Trinajstić information content (AvgIpc) is 2.89. The summed E-state index contributed by atoms with van der Waals surface area (Å²) in [6.45, 7) is 2.10. The number of anilines is 1. The monoisotopic (exact) mass is 249 g/mol. The first-order chi connectivity index (χ1) is 8.79. The summed E-state index contributed by atoms with van der Waals surface area (Å²) in [5, 5.41) is 9.28. The van der Waals surface area contributed by atoms with Crippen molar-refractivity contribution in [3.8, 4) is 5.75 Å². The van der Waals surface area contributed by atoms with Gasteiger partial charge in [-0.25, -0.2) is 0 Å².